The molecular formula is C12H19Cl3N2. The van der Waals surface area contributed by atoms with Crippen molar-refractivity contribution in [3.63, 3.8) is 0 Å². The summed E-state index contributed by atoms with van der Waals surface area (Å²) < 4.78 is 0. The smallest absolute Gasteiger partial charge is 0.0399 e. The van der Waals surface area contributed by atoms with Crippen molar-refractivity contribution < 1.29 is 0 Å². The summed E-state index contributed by atoms with van der Waals surface area (Å²) >= 11 is 11.5. The van der Waals surface area contributed by atoms with Crippen molar-refractivity contribution >= 4 is 41.3 Å². The molecule has 1 aromatic carbocycles. The molecule has 0 saturated carbocycles. The second-order valence-electron chi connectivity index (χ2n) is 3.56. The van der Waals surface area contributed by atoms with Gasteiger partial charge < -0.3 is 10.2 Å². The third-order valence-electron chi connectivity index (χ3n) is 2.39. The maximum atomic E-state index is 5.77. The highest BCUT2D eigenvalue weighted by atomic mass is 35.5. The normalized spacial score (nSPS) is 9.82. The largest absolute Gasteiger partial charge is 0.369 e. The molecule has 0 aromatic heterocycles. The number of rotatable bonds is 7. The van der Waals surface area contributed by atoms with Crippen LogP contribution in [0.15, 0.2) is 24.3 Å². The summed E-state index contributed by atoms with van der Waals surface area (Å²) in [7, 11) is 1.95. The molecule has 0 atom stereocenters. The average Bonchev–Trinajstić information content (AvgIpc) is 2.30. The number of nitrogens with zero attached hydrogens (tertiary/aromatic N) is 1. The number of nitrogens with one attached hydrogen (secondary N) is 1. The number of hydrogen-bond donors (Lipinski definition) is 1. The SMILES string of the molecule is CNCc1ccc(N(CCCl)CCCl)cc1.Cl. The molecule has 1 rings (SSSR count). The Kier molecular flexibility index (Phi) is 9.75. The van der Waals surface area contributed by atoms with Gasteiger partial charge in [0.15, 0.2) is 0 Å². The van der Waals surface area contributed by atoms with Crippen LogP contribution in [0.5, 0.6) is 0 Å². The van der Waals surface area contributed by atoms with Crippen molar-refractivity contribution in [1.82, 2.24) is 5.32 Å². The van der Waals surface area contributed by atoms with Gasteiger partial charge >= 0.3 is 0 Å². The van der Waals surface area contributed by atoms with E-state index in [1.54, 1.807) is 0 Å². The standard InChI is InChI=1S/C12H18Cl2N2.ClH/c1-15-10-11-2-4-12(5-3-11)16(8-6-13)9-7-14;/h2-5,15H,6-10H2,1H3;1H. The molecule has 0 radical (unpaired) electrons. The van der Waals surface area contributed by atoms with Gasteiger partial charge in [-0.05, 0) is 24.7 Å². The van der Waals surface area contributed by atoms with Crippen molar-refractivity contribution in [2.75, 3.05) is 36.8 Å². The number of anilines is 1. The van der Waals surface area contributed by atoms with E-state index in [0.29, 0.717) is 11.8 Å². The molecule has 0 saturated heterocycles. The van der Waals surface area contributed by atoms with Crippen LogP contribution in [0, 0.1) is 0 Å². The molecule has 5 heteroatoms. The van der Waals surface area contributed by atoms with E-state index >= 15 is 0 Å². The Labute approximate surface area is 120 Å². The quantitative estimate of drug-likeness (QED) is 0.778. The topological polar surface area (TPSA) is 15.3 Å². The first kappa shape index (κ1) is 16.9. The predicted octanol–water partition coefficient (Wildman–Crippen LogP) is 3.11. The third-order valence-corrected chi connectivity index (χ3v) is 2.73. The highest BCUT2D eigenvalue weighted by Crippen LogP contribution is 2.15. The Bertz CT molecular complexity index is 284. The maximum absolute atomic E-state index is 5.77. The Morgan fingerprint density at radius 2 is 1.59 bits per heavy atom. The summed E-state index contributed by atoms with van der Waals surface area (Å²) in [5.41, 5.74) is 2.46. The first-order chi connectivity index (χ1) is 7.81. The summed E-state index contributed by atoms with van der Waals surface area (Å²) in [6.45, 7) is 2.56. The fraction of sp³-hybridized carbons (Fsp3) is 0.500. The van der Waals surface area contributed by atoms with Crippen molar-refractivity contribution in [2.45, 2.75) is 6.54 Å². The van der Waals surface area contributed by atoms with Gasteiger partial charge in [0.05, 0.1) is 0 Å². The zero-order chi connectivity index (χ0) is 11.8. The lowest BCUT2D eigenvalue weighted by Crippen LogP contribution is -2.27. The summed E-state index contributed by atoms with van der Waals surface area (Å²) in [5.74, 6) is 1.24. The van der Waals surface area contributed by atoms with Gasteiger partial charge in [0.1, 0.15) is 0 Å². The van der Waals surface area contributed by atoms with Crippen LogP contribution in [0.3, 0.4) is 0 Å². The van der Waals surface area contributed by atoms with Crippen LogP contribution in [0.25, 0.3) is 0 Å². The third kappa shape index (κ3) is 5.82. The molecule has 0 spiro atoms. The van der Waals surface area contributed by atoms with E-state index in [1.165, 1.54) is 11.3 Å². The number of hydrogen-bond acceptors (Lipinski definition) is 2. The predicted molar refractivity (Wildman–Crippen MR) is 80.1 cm³/mol. The summed E-state index contributed by atoms with van der Waals surface area (Å²) in [6, 6.07) is 8.49. The molecule has 0 aliphatic carbocycles. The Morgan fingerprint density at radius 1 is 1.06 bits per heavy atom. The molecule has 0 aliphatic rings. The molecule has 0 heterocycles. The Balaban J connectivity index is 0.00000256. The lowest BCUT2D eigenvalue weighted by molar-refractivity contribution is 0.816. The monoisotopic (exact) mass is 296 g/mol. The Morgan fingerprint density at radius 3 is 2.00 bits per heavy atom. The van der Waals surface area contributed by atoms with Crippen molar-refractivity contribution in [2.24, 2.45) is 0 Å². The van der Waals surface area contributed by atoms with Crippen molar-refractivity contribution in [3.8, 4) is 0 Å². The van der Waals surface area contributed by atoms with E-state index in [1.807, 2.05) is 7.05 Å². The van der Waals surface area contributed by atoms with E-state index in [4.69, 9.17) is 23.2 Å². The van der Waals surface area contributed by atoms with Crippen LogP contribution in [0.4, 0.5) is 5.69 Å². The van der Waals surface area contributed by atoms with Crippen LogP contribution in [0.2, 0.25) is 0 Å². The lowest BCUT2D eigenvalue weighted by atomic mass is 10.2. The van der Waals surface area contributed by atoms with Gasteiger partial charge in [-0.3, -0.25) is 0 Å². The number of benzene rings is 1. The molecule has 0 fully saturated rings. The maximum Gasteiger partial charge on any atom is 0.0399 e. The number of alkyl halides is 2. The molecule has 2 nitrogen and oxygen atoms in total. The molecule has 17 heavy (non-hydrogen) atoms. The minimum absolute atomic E-state index is 0. The molecule has 1 aromatic rings. The fourth-order valence-corrected chi connectivity index (χ4v) is 2.01. The van der Waals surface area contributed by atoms with Gasteiger partial charge in [-0.2, -0.15) is 0 Å². The first-order valence-electron chi connectivity index (χ1n) is 5.42. The van der Waals surface area contributed by atoms with Crippen molar-refractivity contribution in [1.29, 1.82) is 0 Å². The van der Waals surface area contributed by atoms with Crippen LogP contribution >= 0.6 is 35.6 Å². The molecule has 0 unspecified atom stereocenters. The molecule has 0 amide bonds. The summed E-state index contributed by atoms with van der Waals surface area (Å²) in [5, 5.41) is 3.13. The van der Waals surface area contributed by atoms with E-state index in [0.717, 1.165) is 19.6 Å². The highest BCUT2D eigenvalue weighted by molar-refractivity contribution is 6.18. The zero-order valence-electron chi connectivity index (χ0n) is 9.96. The van der Waals surface area contributed by atoms with Gasteiger partial charge in [0.2, 0.25) is 0 Å². The number of halogens is 3. The second kappa shape index (κ2) is 9.84. The summed E-state index contributed by atoms with van der Waals surface area (Å²) in [6.07, 6.45) is 0. The van der Waals surface area contributed by atoms with Crippen molar-refractivity contribution in [3.05, 3.63) is 29.8 Å². The minimum Gasteiger partial charge on any atom is -0.369 e. The molecule has 0 aliphatic heterocycles. The van der Waals surface area contributed by atoms with Gasteiger partial charge in [-0.1, -0.05) is 12.1 Å². The van der Waals surface area contributed by atoms with Crippen LogP contribution in [-0.4, -0.2) is 31.9 Å². The van der Waals surface area contributed by atoms with Crippen LogP contribution in [0.1, 0.15) is 5.56 Å². The van der Waals surface area contributed by atoms with E-state index in [2.05, 4.69) is 34.5 Å². The summed E-state index contributed by atoms with van der Waals surface area (Å²) in [4.78, 5) is 2.20. The fourth-order valence-electron chi connectivity index (χ4n) is 1.60. The Hall–Kier alpha value is -0.150. The highest BCUT2D eigenvalue weighted by Gasteiger charge is 2.04. The molecule has 1 N–H and O–H groups in total. The molecule has 98 valence electrons. The van der Waals surface area contributed by atoms with Gasteiger partial charge in [0, 0.05) is 37.1 Å². The lowest BCUT2D eigenvalue weighted by Gasteiger charge is -2.23. The van der Waals surface area contributed by atoms with Gasteiger partial charge in [-0.15, -0.1) is 35.6 Å². The first-order valence-corrected chi connectivity index (χ1v) is 6.49. The van der Waals surface area contributed by atoms with Crippen LogP contribution < -0.4 is 10.2 Å². The van der Waals surface area contributed by atoms with E-state index < -0.39 is 0 Å². The average molecular weight is 298 g/mol. The zero-order valence-corrected chi connectivity index (χ0v) is 12.3. The van der Waals surface area contributed by atoms with Gasteiger partial charge in [0.25, 0.3) is 0 Å². The molecular weight excluding hydrogens is 279 g/mol. The van der Waals surface area contributed by atoms with Gasteiger partial charge in [-0.25, -0.2) is 0 Å². The second-order valence-corrected chi connectivity index (χ2v) is 4.32. The molecule has 0 bridgehead atoms. The van der Waals surface area contributed by atoms with Crippen LogP contribution in [-0.2, 0) is 6.54 Å². The van der Waals surface area contributed by atoms with E-state index in [-0.39, 0.29) is 12.4 Å². The van der Waals surface area contributed by atoms with E-state index in [9.17, 15) is 0 Å². The minimum atomic E-state index is 0.